The fourth-order valence-electron chi connectivity index (χ4n) is 2.58. The third kappa shape index (κ3) is 3.99. The molecule has 0 saturated heterocycles. The van der Waals surface area contributed by atoms with Crippen molar-refractivity contribution in [1.82, 2.24) is 0 Å². The second-order valence-electron chi connectivity index (χ2n) is 6.21. The molecule has 0 radical (unpaired) electrons. The SMILES string of the molecule is CC(C)(/N=C/P(c1ccccc1)c1ccccc1)c1ccccc1. The monoisotopic (exact) mass is 331 g/mol. The second-order valence-corrected chi connectivity index (χ2v) is 8.21. The summed E-state index contributed by atoms with van der Waals surface area (Å²) in [5.41, 5.74) is 1.00. The first-order valence-electron chi connectivity index (χ1n) is 8.17. The van der Waals surface area contributed by atoms with Crippen LogP contribution in [0.2, 0.25) is 0 Å². The summed E-state index contributed by atoms with van der Waals surface area (Å²) in [7, 11) is -0.597. The van der Waals surface area contributed by atoms with Gasteiger partial charge < -0.3 is 0 Å². The molecule has 3 aromatic rings. The fourth-order valence-corrected chi connectivity index (χ4v) is 4.54. The van der Waals surface area contributed by atoms with Gasteiger partial charge in [-0.05, 0) is 37.9 Å². The Morgan fingerprint density at radius 2 is 1.08 bits per heavy atom. The van der Waals surface area contributed by atoms with E-state index >= 15 is 0 Å². The van der Waals surface area contributed by atoms with E-state index in [1.165, 1.54) is 16.2 Å². The van der Waals surface area contributed by atoms with Gasteiger partial charge in [-0.2, -0.15) is 0 Å². The van der Waals surface area contributed by atoms with Crippen LogP contribution in [0, 0.1) is 0 Å². The summed E-state index contributed by atoms with van der Waals surface area (Å²) in [6, 6.07) is 31.8. The minimum absolute atomic E-state index is 0.231. The maximum atomic E-state index is 4.98. The molecule has 2 heteroatoms. The van der Waals surface area contributed by atoms with E-state index in [4.69, 9.17) is 4.99 Å². The van der Waals surface area contributed by atoms with Crippen molar-refractivity contribution >= 4 is 24.5 Å². The van der Waals surface area contributed by atoms with Crippen LogP contribution >= 0.6 is 7.92 Å². The quantitative estimate of drug-likeness (QED) is 0.456. The number of benzene rings is 3. The van der Waals surface area contributed by atoms with Crippen LogP contribution in [0.4, 0.5) is 0 Å². The summed E-state index contributed by atoms with van der Waals surface area (Å²) < 4.78 is 0. The molecule has 0 amide bonds. The summed E-state index contributed by atoms with van der Waals surface area (Å²) in [4.78, 5) is 4.98. The molecule has 3 rings (SSSR count). The highest BCUT2D eigenvalue weighted by atomic mass is 31.1. The van der Waals surface area contributed by atoms with E-state index in [2.05, 4.69) is 105 Å². The van der Waals surface area contributed by atoms with Crippen LogP contribution in [0.3, 0.4) is 0 Å². The van der Waals surface area contributed by atoms with Crippen LogP contribution < -0.4 is 10.6 Å². The molecule has 0 aliphatic heterocycles. The Morgan fingerprint density at radius 3 is 1.54 bits per heavy atom. The highest BCUT2D eigenvalue weighted by Gasteiger charge is 2.19. The van der Waals surface area contributed by atoms with Gasteiger partial charge in [-0.15, -0.1) is 0 Å². The van der Waals surface area contributed by atoms with Crippen molar-refractivity contribution in [2.75, 3.05) is 0 Å². The van der Waals surface area contributed by atoms with Gasteiger partial charge in [0.05, 0.1) is 5.54 Å². The van der Waals surface area contributed by atoms with Crippen LogP contribution in [0.25, 0.3) is 0 Å². The third-order valence-electron chi connectivity index (χ3n) is 4.04. The Bertz CT molecular complexity index is 740. The number of nitrogens with zero attached hydrogens (tertiary/aromatic N) is 1. The minimum Gasteiger partial charge on any atom is -0.281 e. The predicted molar refractivity (Wildman–Crippen MR) is 107 cm³/mol. The molecule has 0 fully saturated rings. The summed E-state index contributed by atoms with van der Waals surface area (Å²) in [6.45, 7) is 4.34. The molecule has 0 spiro atoms. The topological polar surface area (TPSA) is 12.4 Å². The van der Waals surface area contributed by atoms with Gasteiger partial charge in [-0.1, -0.05) is 91.0 Å². The molecule has 0 aromatic heterocycles. The predicted octanol–water partition coefficient (Wildman–Crippen LogP) is 5.08. The minimum atomic E-state index is -0.597. The largest absolute Gasteiger partial charge is 0.281 e. The standard InChI is InChI=1S/C22H22NP/c1-22(2,19-12-6-3-7-13-19)23-18-24(20-14-8-4-9-15-20)21-16-10-5-11-17-21/h3-18H,1-2H3/b23-18+. The van der Waals surface area contributed by atoms with Gasteiger partial charge in [0.2, 0.25) is 0 Å². The van der Waals surface area contributed by atoms with Crippen molar-refractivity contribution in [3.63, 3.8) is 0 Å². The lowest BCUT2D eigenvalue weighted by Crippen LogP contribution is -2.17. The molecule has 0 heterocycles. The maximum absolute atomic E-state index is 4.98. The maximum Gasteiger partial charge on any atom is 0.0801 e. The molecule has 0 atom stereocenters. The Labute approximate surface area is 145 Å². The van der Waals surface area contributed by atoms with E-state index in [1.54, 1.807) is 0 Å². The van der Waals surface area contributed by atoms with Gasteiger partial charge in [0.15, 0.2) is 0 Å². The highest BCUT2D eigenvalue weighted by Crippen LogP contribution is 2.33. The van der Waals surface area contributed by atoms with Crippen LogP contribution in [-0.2, 0) is 5.54 Å². The van der Waals surface area contributed by atoms with Crippen LogP contribution in [0.5, 0.6) is 0 Å². The average Bonchev–Trinajstić information content (AvgIpc) is 2.64. The summed E-state index contributed by atoms with van der Waals surface area (Å²) in [5, 5.41) is 2.65. The van der Waals surface area contributed by atoms with Crippen LogP contribution in [0.1, 0.15) is 19.4 Å². The zero-order valence-corrected chi connectivity index (χ0v) is 15.0. The number of hydrogen-bond acceptors (Lipinski definition) is 1. The van der Waals surface area contributed by atoms with E-state index in [-0.39, 0.29) is 5.54 Å². The smallest absolute Gasteiger partial charge is 0.0801 e. The Hall–Kier alpha value is -2.24. The lowest BCUT2D eigenvalue weighted by Gasteiger charge is -2.22. The summed E-state index contributed by atoms with van der Waals surface area (Å²) in [5.74, 6) is 2.16. The lowest BCUT2D eigenvalue weighted by molar-refractivity contribution is 0.562. The van der Waals surface area contributed by atoms with Crippen molar-refractivity contribution < 1.29 is 0 Å². The van der Waals surface area contributed by atoms with Crippen LogP contribution in [-0.4, -0.2) is 5.96 Å². The Balaban J connectivity index is 1.95. The van der Waals surface area contributed by atoms with Gasteiger partial charge in [-0.25, -0.2) is 0 Å². The normalized spacial score (nSPS) is 12.0. The van der Waals surface area contributed by atoms with E-state index < -0.39 is 7.92 Å². The summed E-state index contributed by atoms with van der Waals surface area (Å²) in [6.07, 6.45) is 0. The van der Waals surface area contributed by atoms with Gasteiger partial charge in [0.25, 0.3) is 0 Å². The third-order valence-corrected chi connectivity index (χ3v) is 6.10. The molecular weight excluding hydrogens is 309 g/mol. The molecule has 0 aliphatic rings. The second kappa shape index (κ2) is 7.55. The van der Waals surface area contributed by atoms with Gasteiger partial charge >= 0.3 is 0 Å². The Morgan fingerprint density at radius 1 is 0.667 bits per heavy atom. The van der Waals surface area contributed by atoms with Gasteiger partial charge in [0, 0.05) is 5.96 Å². The van der Waals surface area contributed by atoms with Crippen LogP contribution in [0.15, 0.2) is 96.0 Å². The zero-order valence-electron chi connectivity index (χ0n) is 14.1. The highest BCUT2D eigenvalue weighted by molar-refractivity contribution is 7.86. The van der Waals surface area contributed by atoms with Crippen molar-refractivity contribution in [2.45, 2.75) is 19.4 Å². The Kier molecular flexibility index (Phi) is 5.23. The lowest BCUT2D eigenvalue weighted by atomic mass is 9.95. The molecule has 3 aromatic carbocycles. The molecule has 120 valence electrons. The number of rotatable bonds is 5. The average molecular weight is 331 g/mol. The van der Waals surface area contributed by atoms with E-state index in [1.807, 2.05) is 6.07 Å². The van der Waals surface area contributed by atoms with E-state index in [0.717, 1.165) is 0 Å². The summed E-state index contributed by atoms with van der Waals surface area (Å²) >= 11 is 0. The fraction of sp³-hybridized carbons (Fsp3) is 0.136. The van der Waals surface area contributed by atoms with Crippen molar-refractivity contribution in [2.24, 2.45) is 4.99 Å². The first kappa shape index (κ1) is 16.6. The molecule has 0 bridgehead atoms. The molecule has 0 unspecified atom stereocenters. The molecule has 24 heavy (non-hydrogen) atoms. The van der Waals surface area contributed by atoms with Gasteiger partial charge in [0.1, 0.15) is 0 Å². The van der Waals surface area contributed by atoms with E-state index in [9.17, 15) is 0 Å². The number of hydrogen-bond donors (Lipinski definition) is 0. The van der Waals surface area contributed by atoms with Gasteiger partial charge in [-0.3, -0.25) is 4.99 Å². The number of aliphatic imine (C=N–C) groups is 1. The first-order valence-corrected chi connectivity index (χ1v) is 9.58. The molecule has 0 aliphatic carbocycles. The van der Waals surface area contributed by atoms with Crippen molar-refractivity contribution in [1.29, 1.82) is 0 Å². The van der Waals surface area contributed by atoms with Crippen molar-refractivity contribution in [3.05, 3.63) is 96.6 Å². The zero-order chi connectivity index (χ0) is 16.8. The first-order chi connectivity index (χ1) is 11.7. The van der Waals surface area contributed by atoms with Crippen molar-refractivity contribution in [3.8, 4) is 0 Å². The van der Waals surface area contributed by atoms with E-state index in [0.29, 0.717) is 0 Å². The molecule has 0 saturated carbocycles. The molecular formula is C22H22NP. The molecule has 0 N–H and O–H groups in total. The molecule has 1 nitrogen and oxygen atoms in total.